The number of hydrogen-bond acceptors (Lipinski definition) is 20. The summed E-state index contributed by atoms with van der Waals surface area (Å²) in [6.45, 7) is 7.25. The molecule has 4 aromatic rings. The van der Waals surface area contributed by atoms with E-state index >= 15 is 0 Å². The number of H-pyrrole nitrogens is 1. The van der Waals surface area contributed by atoms with Gasteiger partial charge in [-0.3, -0.25) is 14.3 Å². The van der Waals surface area contributed by atoms with Gasteiger partial charge in [-0.05, 0) is 61.6 Å². The molecule has 2 aliphatic rings. The molecule has 1 aliphatic heterocycles. The highest BCUT2D eigenvalue weighted by atomic mass is 33.1. The average Bonchev–Trinajstić information content (AvgIpc) is 4.13. The van der Waals surface area contributed by atoms with Crippen LogP contribution in [0.15, 0.2) is 59.5 Å². The first-order valence-electron chi connectivity index (χ1n) is 24.9. The van der Waals surface area contributed by atoms with E-state index in [0.717, 1.165) is 11.1 Å². The standard InChI is InChI=1S/C50H68N7O15PS4/c1-50(2,16-22-68-48(60)53-18-23-64-25-26-65-24-19-54-49(61)69-30-40-38-14-6-4-12-36(38)37-13-5-7-15-39(37)40)77-76-32-66-20-8-9-21-67-47(59)52-17-10-11-34-28-57(44-43(34)45(58)56-46(51)55-44)29-35-27-41(70-33-75-74-3)42(72-35)31-71-73(62)63/h4-7,12-15,28,35,40-42,73H,8-9,16-27,29-33H2,1-3H3,(H,52,59)(H,53,60)(H,54,61)(H,62,63)(H3,51,55,56,58)/t35-,41?,42-/m1/s1. The van der Waals surface area contributed by atoms with E-state index in [9.17, 15) is 28.6 Å². The first-order valence-corrected chi connectivity index (χ1v) is 31.2. The maximum atomic E-state index is 13.0. The molecule has 22 nitrogen and oxygen atoms in total. The Bertz CT molecular complexity index is 2630. The molecule has 1 saturated heterocycles. The number of fused-ring (bicyclic) bond motifs is 4. The summed E-state index contributed by atoms with van der Waals surface area (Å²) in [5, 5.41) is 8.21. The molecule has 2 aromatic carbocycles. The zero-order chi connectivity index (χ0) is 54.8. The monoisotopic (exact) mass is 1170 g/mol. The Kier molecular flexibility index (Phi) is 26.5. The zero-order valence-electron chi connectivity index (χ0n) is 43.2. The molecule has 7 N–H and O–H groups in total. The SMILES string of the molecule is CSSCOC1C[C@H](Cn2cc(C#CCNC(=O)OCCCCOCSSC(C)(C)CCOC(=O)NCCOCCOCCNC(=O)OCC3c4ccccc4-c4ccccc43)c3c(=O)[nH]c(N)nc32)O[C@@H]1CO[PH](=O)O. The molecule has 77 heavy (non-hydrogen) atoms. The van der Waals surface area contributed by atoms with Crippen LogP contribution in [0.1, 0.15) is 62.1 Å². The second-order valence-corrected chi connectivity index (χ2v) is 24.1. The maximum absolute atomic E-state index is 13.0. The fourth-order valence-corrected chi connectivity index (χ4v) is 11.5. The molecule has 1 fully saturated rings. The molecule has 0 spiro atoms. The number of alkyl carbamates (subject to hydrolysis) is 3. The van der Waals surface area contributed by atoms with Crippen molar-refractivity contribution in [2.24, 2.45) is 0 Å². The van der Waals surface area contributed by atoms with Crippen LogP contribution in [0.3, 0.4) is 0 Å². The fraction of sp³-hybridized carbons (Fsp3) is 0.540. The molecule has 0 saturated carbocycles. The Labute approximate surface area is 463 Å². The number of aromatic amines is 1. The summed E-state index contributed by atoms with van der Waals surface area (Å²) < 4.78 is 62.8. The minimum absolute atomic E-state index is 0.00168. The number of nitrogens with two attached hydrogens (primary N) is 1. The van der Waals surface area contributed by atoms with Gasteiger partial charge in [-0.1, -0.05) is 104 Å². The highest BCUT2D eigenvalue weighted by Crippen LogP contribution is 2.44. The molecule has 1 aliphatic carbocycles. The van der Waals surface area contributed by atoms with E-state index in [2.05, 4.69) is 75.9 Å². The van der Waals surface area contributed by atoms with E-state index in [1.165, 1.54) is 21.9 Å². The largest absolute Gasteiger partial charge is 0.450 e. The number of amides is 3. The van der Waals surface area contributed by atoms with Crippen LogP contribution < -0.4 is 27.2 Å². The highest BCUT2D eigenvalue weighted by Gasteiger charge is 2.37. The van der Waals surface area contributed by atoms with Gasteiger partial charge in [0, 0.05) is 43.0 Å². The second-order valence-electron chi connectivity index (χ2n) is 17.8. The number of hydrogen-bond donors (Lipinski definition) is 6. The number of rotatable bonds is 33. The number of unbranched alkanes of at least 4 members (excludes halogenated alkanes) is 1. The van der Waals surface area contributed by atoms with Crippen molar-refractivity contribution in [3.63, 3.8) is 0 Å². The molecule has 3 amide bonds. The fourth-order valence-electron chi connectivity index (χ4n) is 8.18. The van der Waals surface area contributed by atoms with Crippen LogP contribution in [0, 0.1) is 11.8 Å². The van der Waals surface area contributed by atoms with E-state index in [0.29, 0.717) is 88.4 Å². The Morgan fingerprint density at radius 2 is 1.53 bits per heavy atom. The molecule has 0 radical (unpaired) electrons. The molecule has 3 heterocycles. The van der Waals surface area contributed by atoms with Crippen molar-refractivity contribution in [2.45, 2.75) is 75.1 Å². The number of ether oxygens (including phenoxy) is 8. The van der Waals surface area contributed by atoms with Crippen LogP contribution in [-0.2, 0) is 53.5 Å². The van der Waals surface area contributed by atoms with Crippen molar-refractivity contribution in [3.05, 3.63) is 81.8 Å². The van der Waals surface area contributed by atoms with Gasteiger partial charge in [-0.15, -0.1) is 0 Å². The number of anilines is 1. The summed E-state index contributed by atoms with van der Waals surface area (Å²) in [5.41, 5.74) is 10.7. The number of nitrogens with zero attached hydrogens (tertiary/aromatic N) is 2. The maximum Gasteiger partial charge on any atom is 0.407 e. The summed E-state index contributed by atoms with van der Waals surface area (Å²) in [7, 11) is 3.11. The Hall–Kier alpha value is -4.62. The summed E-state index contributed by atoms with van der Waals surface area (Å²) >= 11 is 0. The van der Waals surface area contributed by atoms with Gasteiger partial charge >= 0.3 is 26.5 Å². The van der Waals surface area contributed by atoms with Gasteiger partial charge in [-0.2, -0.15) is 4.98 Å². The van der Waals surface area contributed by atoms with Crippen molar-refractivity contribution in [2.75, 3.05) is 103 Å². The quantitative estimate of drug-likeness (QED) is 0.00706. The van der Waals surface area contributed by atoms with E-state index in [-0.39, 0.29) is 74.2 Å². The predicted octanol–water partition coefficient (Wildman–Crippen LogP) is 6.90. The first kappa shape index (κ1) is 61.6. The lowest BCUT2D eigenvalue weighted by Gasteiger charge is -2.22. The van der Waals surface area contributed by atoms with Crippen LogP contribution in [0.2, 0.25) is 0 Å². The topological polar surface area (TPSA) is 284 Å². The minimum atomic E-state index is -3.16. The molecule has 4 atom stereocenters. The van der Waals surface area contributed by atoms with Gasteiger partial charge < -0.3 is 73.6 Å². The van der Waals surface area contributed by atoms with Crippen molar-refractivity contribution in [1.82, 2.24) is 30.5 Å². The summed E-state index contributed by atoms with van der Waals surface area (Å²) in [4.78, 5) is 65.8. The van der Waals surface area contributed by atoms with E-state index in [1.54, 1.807) is 43.1 Å². The number of nitrogens with one attached hydrogen (secondary N) is 4. The molecule has 422 valence electrons. The zero-order valence-corrected chi connectivity index (χ0v) is 47.5. The number of benzene rings is 2. The smallest absolute Gasteiger partial charge is 0.407 e. The molecular weight excluding hydrogens is 1100 g/mol. The van der Waals surface area contributed by atoms with Crippen LogP contribution in [0.5, 0.6) is 0 Å². The Morgan fingerprint density at radius 3 is 2.23 bits per heavy atom. The van der Waals surface area contributed by atoms with Gasteiger partial charge in [0.1, 0.15) is 24.6 Å². The lowest BCUT2D eigenvalue weighted by molar-refractivity contribution is -0.0345. The van der Waals surface area contributed by atoms with Crippen LogP contribution in [0.4, 0.5) is 20.3 Å². The third-order valence-electron chi connectivity index (χ3n) is 11.8. The van der Waals surface area contributed by atoms with Gasteiger partial charge in [0.15, 0.2) is 5.65 Å². The Morgan fingerprint density at radius 1 is 0.870 bits per heavy atom. The van der Waals surface area contributed by atoms with Crippen LogP contribution in [-0.4, -0.2) is 158 Å². The number of carbonyl (C=O) groups excluding carboxylic acids is 3. The molecular formula is C50H68N7O15PS4. The molecule has 27 heteroatoms. The van der Waals surface area contributed by atoms with E-state index in [1.807, 2.05) is 30.5 Å². The third-order valence-corrected chi connectivity index (χ3v) is 16.7. The number of aromatic nitrogens is 3. The lowest BCUT2D eigenvalue weighted by atomic mass is 9.98. The average molecular weight is 1170 g/mol. The van der Waals surface area contributed by atoms with Crippen LogP contribution in [0.25, 0.3) is 22.2 Å². The summed E-state index contributed by atoms with van der Waals surface area (Å²) in [6.07, 6.45) is 2.97. The molecule has 2 aromatic heterocycles. The van der Waals surface area contributed by atoms with Crippen molar-refractivity contribution >= 4 is 86.7 Å². The van der Waals surface area contributed by atoms with Crippen molar-refractivity contribution < 1.29 is 66.3 Å². The Balaban J connectivity index is 0.732. The second kappa shape index (κ2) is 33.1. The van der Waals surface area contributed by atoms with E-state index in [4.69, 9.17) is 48.2 Å². The minimum Gasteiger partial charge on any atom is -0.450 e. The highest BCUT2D eigenvalue weighted by molar-refractivity contribution is 8.77. The summed E-state index contributed by atoms with van der Waals surface area (Å²) in [6, 6.07) is 16.4. The van der Waals surface area contributed by atoms with Crippen molar-refractivity contribution in [3.8, 4) is 23.0 Å². The molecule has 0 bridgehead atoms. The van der Waals surface area contributed by atoms with Gasteiger partial charge in [0.05, 0.1) is 82.5 Å². The van der Waals surface area contributed by atoms with Gasteiger partial charge in [0.25, 0.3) is 5.56 Å². The normalized spacial score (nSPS) is 16.3. The summed E-state index contributed by atoms with van der Waals surface area (Å²) in [5.74, 6) is 6.57. The van der Waals surface area contributed by atoms with Crippen molar-refractivity contribution in [1.29, 1.82) is 0 Å². The molecule has 2 unspecified atom stereocenters. The van der Waals surface area contributed by atoms with Crippen LogP contribution >= 0.6 is 51.4 Å². The lowest BCUT2D eigenvalue weighted by Crippen LogP contribution is -2.30. The third kappa shape index (κ3) is 20.8. The van der Waals surface area contributed by atoms with Gasteiger partial charge in [-0.25, -0.2) is 14.4 Å². The predicted molar refractivity (Wildman–Crippen MR) is 300 cm³/mol. The van der Waals surface area contributed by atoms with E-state index < -0.39 is 44.3 Å². The van der Waals surface area contributed by atoms with Gasteiger partial charge in [0.2, 0.25) is 5.95 Å². The first-order chi connectivity index (χ1) is 37.3. The number of nitrogen functional groups attached to an aromatic ring is 1. The molecule has 6 rings (SSSR count). The number of carbonyl (C=O) groups is 3.